The van der Waals surface area contributed by atoms with Gasteiger partial charge in [-0.15, -0.1) is 0 Å². The van der Waals surface area contributed by atoms with Crippen molar-refractivity contribution in [1.82, 2.24) is 4.90 Å². The Balaban J connectivity index is 2.27. The summed E-state index contributed by atoms with van der Waals surface area (Å²) in [4.78, 5) is 1.39. The monoisotopic (exact) mass is 198 g/mol. The molecule has 0 atom stereocenters. The number of ether oxygens (including phenoxy) is 1. The van der Waals surface area contributed by atoms with Gasteiger partial charge in [-0.1, -0.05) is 0 Å². The van der Waals surface area contributed by atoms with Crippen LogP contribution >= 0.6 is 0 Å². The first-order valence-corrected chi connectivity index (χ1v) is 4.41. The Labute approximate surface area is 92.9 Å². The third kappa shape index (κ3) is 1.55. The molecule has 76 valence electrons. The van der Waals surface area contributed by atoms with Crippen LogP contribution in [0, 0.1) is 0 Å². The lowest BCUT2D eigenvalue weighted by Gasteiger charge is -2.25. The molecule has 0 radical (unpaired) electrons. The number of hydrogen-bond acceptors (Lipinski definition) is 3. The molecule has 0 amide bonds. The maximum atomic E-state index is 7.41. The van der Waals surface area contributed by atoms with Crippen molar-refractivity contribution in [2.45, 2.75) is 13.0 Å². The SMILES string of the molecule is [2H]C([2H])([2H])Oc1cc2c(cc1N)CN(C([2H])([2H])[2H])CC2. The number of nitrogens with zero attached hydrogens (tertiary/aromatic N) is 1. The summed E-state index contributed by atoms with van der Waals surface area (Å²) in [5, 5.41) is 0. The van der Waals surface area contributed by atoms with Crippen LogP contribution in [0.25, 0.3) is 0 Å². The standard InChI is InChI=1S/C11H16N2O/c1-13-4-3-8-6-11(14-2)10(12)5-9(8)7-13/h5-6H,3-4,7,12H2,1-2H3/i1D3,2D3. The zero-order valence-electron chi connectivity index (χ0n) is 13.7. The van der Waals surface area contributed by atoms with E-state index in [1.54, 1.807) is 12.1 Å². The fourth-order valence-electron chi connectivity index (χ4n) is 1.69. The molecule has 0 spiro atoms. The molecule has 1 aliphatic heterocycles. The number of methoxy groups -OCH3 is 1. The van der Waals surface area contributed by atoms with Gasteiger partial charge in [-0.05, 0) is 36.7 Å². The largest absolute Gasteiger partial charge is 0.495 e. The molecule has 0 aromatic heterocycles. The van der Waals surface area contributed by atoms with Crippen molar-refractivity contribution in [3.8, 4) is 5.75 Å². The first kappa shape index (κ1) is 4.53. The van der Waals surface area contributed by atoms with E-state index in [1.807, 2.05) is 0 Å². The van der Waals surface area contributed by atoms with Crippen molar-refractivity contribution in [2.75, 3.05) is 26.3 Å². The number of nitrogens with two attached hydrogens (primary N) is 1. The minimum atomic E-state index is -2.55. The number of hydrogen-bond donors (Lipinski definition) is 1. The Bertz CT molecular complexity index is 511. The predicted molar refractivity (Wildman–Crippen MR) is 57.4 cm³/mol. The lowest BCUT2D eigenvalue weighted by molar-refractivity contribution is 0.312. The second-order valence-corrected chi connectivity index (χ2v) is 3.43. The average molecular weight is 198 g/mol. The highest BCUT2D eigenvalue weighted by Crippen LogP contribution is 2.28. The van der Waals surface area contributed by atoms with Gasteiger partial charge in [-0.2, -0.15) is 0 Å². The predicted octanol–water partition coefficient (Wildman–Crippen LogP) is 1.27. The highest BCUT2D eigenvalue weighted by Gasteiger charge is 2.15. The normalized spacial score (nSPS) is 24.6. The zero-order valence-corrected chi connectivity index (χ0v) is 7.71. The van der Waals surface area contributed by atoms with Gasteiger partial charge in [0.15, 0.2) is 0 Å². The summed E-state index contributed by atoms with van der Waals surface area (Å²) < 4.78 is 48.4. The maximum Gasteiger partial charge on any atom is 0.142 e. The second kappa shape index (κ2) is 3.50. The molecule has 2 N–H and O–H groups in total. The van der Waals surface area contributed by atoms with E-state index in [0.29, 0.717) is 13.0 Å². The molecule has 0 aliphatic carbocycles. The molecule has 3 nitrogen and oxygen atoms in total. The highest BCUT2D eigenvalue weighted by molar-refractivity contribution is 5.57. The molecule has 0 saturated carbocycles. The van der Waals surface area contributed by atoms with E-state index in [-0.39, 0.29) is 18.0 Å². The van der Waals surface area contributed by atoms with Gasteiger partial charge in [0.2, 0.25) is 0 Å². The number of anilines is 1. The number of fused-ring (bicyclic) bond motifs is 1. The molecule has 3 heteroatoms. The minimum Gasteiger partial charge on any atom is -0.495 e. The van der Waals surface area contributed by atoms with Gasteiger partial charge >= 0.3 is 0 Å². The minimum absolute atomic E-state index is 0.117. The van der Waals surface area contributed by atoms with E-state index in [4.69, 9.17) is 18.7 Å². The Kier molecular flexibility index (Phi) is 1.13. The Hall–Kier alpha value is -1.22. The second-order valence-electron chi connectivity index (χ2n) is 3.43. The lowest BCUT2D eigenvalue weighted by Crippen LogP contribution is -2.26. The van der Waals surface area contributed by atoms with Crippen molar-refractivity contribution in [1.29, 1.82) is 0 Å². The van der Waals surface area contributed by atoms with Crippen LogP contribution in [0.5, 0.6) is 5.75 Å². The van der Waals surface area contributed by atoms with Crippen LogP contribution < -0.4 is 10.5 Å². The zero-order chi connectivity index (χ0) is 15.1. The molecule has 14 heavy (non-hydrogen) atoms. The Morgan fingerprint density at radius 1 is 1.50 bits per heavy atom. The summed E-state index contributed by atoms with van der Waals surface area (Å²) >= 11 is 0. The molecule has 0 unspecified atom stereocenters. The van der Waals surface area contributed by atoms with E-state index in [1.165, 1.54) is 4.90 Å². The summed E-state index contributed by atoms with van der Waals surface area (Å²) in [7, 11) is -2.55. The number of likely N-dealkylation sites (N-methyl/N-ethyl adjacent to an activating group) is 1. The summed E-state index contributed by atoms with van der Waals surface area (Å²) in [6.07, 6.45) is 0.519. The van der Waals surface area contributed by atoms with Crippen LogP contribution in [0.2, 0.25) is 0 Å². The molecular formula is C11H16N2O. The van der Waals surface area contributed by atoms with Crippen molar-refractivity contribution in [3.05, 3.63) is 23.3 Å². The van der Waals surface area contributed by atoms with Crippen LogP contribution in [0.4, 0.5) is 5.69 Å². The molecule has 0 saturated heterocycles. The van der Waals surface area contributed by atoms with Gasteiger partial charge in [0.1, 0.15) is 5.75 Å². The third-order valence-electron chi connectivity index (χ3n) is 2.45. The highest BCUT2D eigenvalue weighted by atomic mass is 16.5. The van der Waals surface area contributed by atoms with Crippen molar-refractivity contribution in [2.24, 2.45) is 0 Å². The molecule has 1 aromatic rings. The molecule has 0 fully saturated rings. The number of nitrogen functional groups attached to an aromatic ring is 1. The first-order chi connectivity index (χ1) is 9.06. The molecule has 1 heterocycles. The van der Waals surface area contributed by atoms with Crippen LogP contribution in [-0.2, 0) is 13.0 Å². The van der Waals surface area contributed by atoms with E-state index in [9.17, 15) is 0 Å². The van der Waals surface area contributed by atoms with E-state index < -0.39 is 14.0 Å². The molecule has 1 aromatic carbocycles. The molecule has 0 bridgehead atoms. The van der Waals surface area contributed by atoms with Gasteiger partial charge in [0, 0.05) is 17.2 Å². The Morgan fingerprint density at radius 2 is 2.43 bits per heavy atom. The summed E-state index contributed by atoms with van der Waals surface area (Å²) in [6, 6.07) is 3.18. The van der Waals surface area contributed by atoms with E-state index >= 15 is 0 Å². The molecule has 1 aliphatic rings. The first-order valence-electron chi connectivity index (χ1n) is 7.41. The average Bonchev–Trinajstić information content (AvgIpc) is 2.26. The third-order valence-corrected chi connectivity index (χ3v) is 2.45. The molecular weight excluding hydrogens is 176 g/mol. The van der Waals surface area contributed by atoms with Gasteiger partial charge in [-0.25, -0.2) is 0 Å². The van der Waals surface area contributed by atoms with Gasteiger partial charge in [-0.3, -0.25) is 0 Å². The van der Waals surface area contributed by atoms with Crippen LogP contribution in [0.3, 0.4) is 0 Å². The topological polar surface area (TPSA) is 38.5 Å². The smallest absolute Gasteiger partial charge is 0.142 e. The van der Waals surface area contributed by atoms with Crippen molar-refractivity contribution in [3.63, 3.8) is 0 Å². The Morgan fingerprint density at radius 3 is 3.21 bits per heavy atom. The van der Waals surface area contributed by atoms with Crippen LogP contribution in [-0.4, -0.2) is 25.5 Å². The van der Waals surface area contributed by atoms with Crippen molar-refractivity contribution >= 4 is 5.69 Å². The van der Waals surface area contributed by atoms with E-state index in [0.717, 1.165) is 11.1 Å². The quantitative estimate of drug-likeness (QED) is 0.691. The van der Waals surface area contributed by atoms with Crippen LogP contribution in [0.1, 0.15) is 19.4 Å². The lowest BCUT2D eigenvalue weighted by atomic mass is 9.99. The van der Waals surface area contributed by atoms with Crippen molar-refractivity contribution < 1.29 is 13.0 Å². The molecule has 2 rings (SSSR count). The van der Waals surface area contributed by atoms with Crippen LogP contribution in [0.15, 0.2) is 12.1 Å². The van der Waals surface area contributed by atoms with E-state index in [2.05, 4.69) is 0 Å². The maximum absolute atomic E-state index is 7.41. The van der Waals surface area contributed by atoms with Gasteiger partial charge in [0.25, 0.3) is 0 Å². The van der Waals surface area contributed by atoms with Gasteiger partial charge < -0.3 is 15.4 Å². The van der Waals surface area contributed by atoms with Gasteiger partial charge in [0.05, 0.1) is 16.8 Å². The number of rotatable bonds is 1. The summed E-state index contributed by atoms with van der Waals surface area (Å²) in [5.41, 5.74) is 7.64. The fourth-order valence-corrected chi connectivity index (χ4v) is 1.69. The fraction of sp³-hybridized carbons (Fsp3) is 0.455. The summed E-state index contributed by atoms with van der Waals surface area (Å²) in [5.74, 6) is 0.117. The number of benzene rings is 1. The summed E-state index contributed by atoms with van der Waals surface area (Å²) in [6.45, 7) is -1.48.